The monoisotopic (exact) mass is 291 g/mol. The van der Waals surface area contributed by atoms with E-state index in [-0.39, 0.29) is 5.56 Å². The molecule has 1 saturated heterocycles. The molecular formula is C12H13N5O2S. The zero-order chi connectivity index (χ0) is 13.9. The zero-order valence-electron chi connectivity index (χ0n) is 10.6. The molecule has 0 aromatic carbocycles. The van der Waals surface area contributed by atoms with Crippen LogP contribution in [0, 0.1) is 0 Å². The van der Waals surface area contributed by atoms with E-state index in [1.54, 1.807) is 17.5 Å². The lowest BCUT2D eigenvalue weighted by molar-refractivity contribution is 0.0696. The summed E-state index contributed by atoms with van der Waals surface area (Å²) in [5, 5.41) is 11.8. The van der Waals surface area contributed by atoms with Crippen LogP contribution < -0.4 is 9.80 Å². The lowest BCUT2D eigenvalue weighted by Crippen LogP contribution is -2.47. The zero-order valence-corrected chi connectivity index (χ0v) is 11.5. The molecule has 1 aliphatic rings. The molecule has 0 spiro atoms. The summed E-state index contributed by atoms with van der Waals surface area (Å²) in [6.07, 6.45) is 4.50. The Hall–Kier alpha value is -2.22. The van der Waals surface area contributed by atoms with E-state index in [4.69, 9.17) is 5.11 Å². The molecule has 0 bridgehead atoms. The second-order valence-corrected chi connectivity index (χ2v) is 5.24. The first-order valence-electron chi connectivity index (χ1n) is 6.19. The van der Waals surface area contributed by atoms with Crippen LogP contribution in [0.2, 0.25) is 0 Å². The summed E-state index contributed by atoms with van der Waals surface area (Å²) in [4.78, 5) is 27.6. The standard InChI is InChI=1S/C12H13N5O2S/c18-10(19)9-7-14-11(15-8-9)16-2-4-17(5-3-16)12-13-1-6-20-12/h1,6-8H,2-5H2,(H,18,19). The maximum Gasteiger partial charge on any atom is 0.338 e. The summed E-state index contributed by atoms with van der Waals surface area (Å²) in [6, 6.07) is 0. The summed E-state index contributed by atoms with van der Waals surface area (Å²) in [5.74, 6) is -0.432. The van der Waals surface area contributed by atoms with Crippen LogP contribution in [0.15, 0.2) is 24.0 Å². The molecule has 1 fully saturated rings. The van der Waals surface area contributed by atoms with E-state index in [1.165, 1.54) is 12.4 Å². The minimum atomic E-state index is -1.01. The third-order valence-corrected chi connectivity index (χ3v) is 3.97. The highest BCUT2D eigenvalue weighted by Gasteiger charge is 2.20. The van der Waals surface area contributed by atoms with Crippen molar-refractivity contribution in [2.45, 2.75) is 0 Å². The molecule has 0 radical (unpaired) electrons. The van der Waals surface area contributed by atoms with Gasteiger partial charge in [-0.3, -0.25) is 0 Å². The topological polar surface area (TPSA) is 82.5 Å². The molecule has 0 amide bonds. The van der Waals surface area contributed by atoms with Crippen LogP contribution >= 0.6 is 11.3 Å². The number of carbonyl (C=O) groups is 1. The largest absolute Gasteiger partial charge is 0.478 e. The van der Waals surface area contributed by atoms with Gasteiger partial charge in [0.1, 0.15) is 0 Å². The maximum atomic E-state index is 10.8. The molecule has 2 aromatic heterocycles. The van der Waals surface area contributed by atoms with Gasteiger partial charge >= 0.3 is 5.97 Å². The number of rotatable bonds is 3. The van der Waals surface area contributed by atoms with Crippen LogP contribution in [0.5, 0.6) is 0 Å². The van der Waals surface area contributed by atoms with Crippen LogP contribution in [-0.4, -0.2) is 52.2 Å². The fourth-order valence-corrected chi connectivity index (χ4v) is 2.76. The molecule has 3 rings (SSSR count). The molecule has 1 aliphatic heterocycles. The lowest BCUT2D eigenvalue weighted by atomic mass is 10.3. The van der Waals surface area contributed by atoms with Gasteiger partial charge in [0.05, 0.1) is 5.56 Å². The second kappa shape index (κ2) is 5.41. The quantitative estimate of drug-likeness (QED) is 0.901. The average Bonchev–Trinajstić information content (AvgIpc) is 3.02. The minimum absolute atomic E-state index is 0.107. The molecule has 3 heterocycles. The Labute approximate surface area is 119 Å². The molecule has 2 aromatic rings. The molecular weight excluding hydrogens is 278 g/mol. The van der Waals surface area contributed by atoms with Crippen molar-refractivity contribution < 1.29 is 9.90 Å². The summed E-state index contributed by atoms with van der Waals surface area (Å²) < 4.78 is 0. The number of piperazine rings is 1. The molecule has 104 valence electrons. The normalized spacial score (nSPS) is 15.4. The number of carboxylic acids is 1. The molecule has 0 saturated carbocycles. The Morgan fingerprint density at radius 3 is 2.30 bits per heavy atom. The number of hydrogen-bond acceptors (Lipinski definition) is 7. The summed E-state index contributed by atoms with van der Waals surface area (Å²) >= 11 is 1.63. The third-order valence-electron chi connectivity index (χ3n) is 3.14. The Balaban J connectivity index is 1.64. The fourth-order valence-electron chi connectivity index (χ4n) is 2.06. The summed E-state index contributed by atoms with van der Waals surface area (Å²) in [7, 11) is 0. The van der Waals surface area contributed by atoms with Gasteiger partial charge < -0.3 is 14.9 Å². The Bertz CT molecular complexity index is 578. The number of aromatic carboxylic acids is 1. The smallest absolute Gasteiger partial charge is 0.338 e. The van der Waals surface area contributed by atoms with Gasteiger partial charge in [-0.05, 0) is 0 Å². The van der Waals surface area contributed by atoms with Crippen molar-refractivity contribution in [2.24, 2.45) is 0 Å². The maximum absolute atomic E-state index is 10.8. The van der Waals surface area contributed by atoms with Gasteiger partial charge in [0, 0.05) is 50.1 Å². The van der Waals surface area contributed by atoms with E-state index in [0.29, 0.717) is 5.95 Å². The molecule has 8 heteroatoms. The Morgan fingerprint density at radius 2 is 1.75 bits per heavy atom. The number of carboxylic acid groups (broad SMARTS) is 1. The number of anilines is 2. The minimum Gasteiger partial charge on any atom is -0.478 e. The van der Waals surface area contributed by atoms with Crippen molar-refractivity contribution in [1.82, 2.24) is 15.0 Å². The molecule has 20 heavy (non-hydrogen) atoms. The van der Waals surface area contributed by atoms with Gasteiger partial charge in [-0.25, -0.2) is 19.7 Å². The Kier molecular flexibility index (Phi) is 3.46. The molecule has 1 N–H and O–H groups in total. The predicted molar refractivity (Wildman–Crippen MR) is 75.5 cm³/mol. The van der Waals surface area contributed by atoms with Gasteiger partial charge in [0.25, 0.3) is 0 Å². The van der Waals surface area contributed by atoms with Gasteiger partial charge in [-0.2, -0.15) is 0 Å². The van der Waals surface area contributed by atoms with Crippen molar-refractivity contribution in [3.63, 3.8) is 0 Å². The van der Waals surface area contributed by atoms with E-state index in [0.717, 1.165) is 31.3 Å². The van der Waals surface area contributed by atoms with Gasteiger partial charge in [0.2, 0.25) is 5.95 Å². The summed E-state index contributed by atoms with van der Waals surface area (Å²) in [6.45, 7) is 3.31. The average molecular weight is 291 g/mol. The van der Waals surface area contributed by atoms with Crippen molar-refractivity contribution in [2.75, 3.05) is 36.0 Å². The number of hydrogen-bond donors (Lipinski definition) is 1. The van der Waals surface area contributed by atoms with Crippen LogP contribution in [0.1, 0.15) is 10.4 Å². The third kappa shape index (κ3) is 2.55. The first-order chi connectivity index (χ1) is 9.74. The van der Waals surface area contributed by atoms with Crippen LogP contribution in [0.3, 0.4) is 0 Å². The number of nitrogens with zero attached hydrogens (tertiary/aromatic N) is 5. The van der Waals surface area contributed by atoms with E-state index in [2.05, 4.69) is 24.8 Å². The molecule has 0 unspecified atom stereocenters. The van der Waals surface area contributed by atoms with Gasteiger partial charge in [0.15, 0.2) is 5.13 Å². The second-order valence-electron chi connectivity index (χ2n) is 4.37. The van der Waals surface area contributed by atoms with Gasteiger partial charge in [-0.15, -0.1) is 11.3 Å². The van der Waals surface area contributed by atoms with Gasteiger partial charge in [-0.1, -0.05) is 0 Å². The predicted octanol–water partition coefficient (Wildman–Crippen LogP) is 0.958. The molecule has 0 aliphatic carbocycles. The van der Waals surface area contributed by atoms with E-state index in [1.807, 2.05) is 5.38 Å². The van der Waals surface area contributed by atoms with Crippen molar-refractivity contribution in [1.29, 1.82) is 0 Å². The molecule has 7 nitrogen and oxygen atoms in total. The number of aromatic nitrogens is 3. The van der Waals surface area contributed by atoms with Crippen LogP contribution in [0.4, 0.5) is 11.1 Å². The highest BCUT2D eigenvalue weighted by atomic mass is 32.1. The van der Waals surface area contributed by atoms with Crippen molar-refractivity contribution in [3.8, 4) is 0 Å². The summed E-state index contributed by atoms with van der Waals surface area (Å²) in [5.41, 5.74) is 0.107. The lowest BCUT2D eigenvalue weighted by Gasteiger charge is -2.34. The van der Waals surface area contributed by atoms with E-state index < -0.39 is 5.97 Å². The Morgan fingerprint density at radius 1 is 1.10 bits per heavy atom. The van der Waals surface area contributed by atoms with E-state index in [9.17, 15) is 4.79 Å². The van der Waals surface area contributed by atoms with Crippen LogP contribution in [0.25, 0.3) is 0 Å². The first kappa shape index (κ1) is 12.8. The van der Waals surface area contributed by atoms with Crippen molar-refractivity contribution in [3.05, 3.63) is 29.5 Å². The number of thiazole rings is 1. The van der Waals surface area contributed by atoms with Crippen molar-refractivity contribution >= 4 is 28.4 Å². The first-order valence-corrected chi connectivity index (χ1v) is 7.07. The van der Waals surface area contributed by atoms with E-state index >= 15 is 0 Å². The van der Waals surface area contributed by atoms with Crippen LogP contribution in [-0.2, 0) is 0 Å². The SMILES string of the molecule is O=C(O)c1cnc(N2CCN(c3nccs3)CC2)nc1. The molecule has 0 atom stereocenters. The fraction of sp³-hybridized carbons (Fsp3) is 0.333. The highest BCUT2D eigenvalue weighted by molar-refractivity contribution is 7.13. The highest BCUT2D eigenvalue weighted by Crippen LogP contribution is 2.20.